The predicted molar refractivity (Wildman–Crippen MR) is 96.8 cm³/mol. The topological polar surface area (TPSA) is 75.0 Å². The Morgan fingerprint density at radius 3 is 2.71 bits per heavy atom. The molecular formula is C19H22N4O. The highest BCUT2D eigenvalue weighted by Gasteiger charge is 2.39. The summed E-state index contributed by atoms with van der Waals surface area (Å²) >= 11 is 0. The first-order chi connectivity index (χ1) is 11.5. The first-order valence-electron chi connectivity index (χ1n) is 7.98. The second-order valence-electron chi connectivity index (χ2n) is 6.28. The van der Waals surface area contributed by atoms with E-state index < -0.39 is 0 Å². The number of anilines is 1. The van der Waals surface area contributed by atoms with Gasteiger partial charge in [-0.3, -0.25) is 9.78 Å². The summed E-state index contributed by atoms with van der Waals surface area (Å²) in [6.45, 7) is 2.10. The molecule has 1 aromatic heterocycles. The van der Waals surface area contributed by atoms with Gasteiger partial charge in [-0.25, -0.2) is 4.98 Å². The first kappa shape index (κ1) is 16.1. The van der Waals surface area contributed by atoms with Crippen LogP contribution in [0.2, 0.25) is 0 Å². The molecule has 2 aromatic rings. The molecule has 1 aromatic carbocycles. The van der Waals surface area contributed by atoms with E-state index in [1.807, 2.05) is 36.2 Å². The molecule has 0 aliphatic heterocycles. The third kappa shape index (κ3) is 2.97. The SMILES string of the molecule is CC1=CC=C(N)CC1(Cc1ccccc1)N(C)c1nccc(=O)[nH]1. The molecule has 0 spiro atoms. The van der Waals surface area contributed by atoms with E-state index in [4.69, 9.17) is 5.73 Å². The van der Waals surface area contributed by atoms with Gasteiger partial charge in [-0.1, -0.05) is 36.4 Å². The van der Waals surface area contributed by atoms with Crippen LogP contribution in [0.3, 0.4) is 0 Å². The molecule has 0 amide bonds. The predicted octanol–water partition coefficient (Wildman–Crippen LogP) is 2.38. The smallest absolute Gasteiger partial charge is 0.252 e. The van der Waals surface area contributed by atoms with Crippen LogP contribution in [0.5, 0.6) is 0 Å². The molecule has 1 unspecified atom stereocenters. The Morgan fingerprint density at radius 2 is 2.00 bits per heavy atom. The number of benzene rings is 1. The number of likely N-dealkylation sites (N-methyl/N-ethyl adjacent to an activating group) is 1. The molecule has 1 atom stereocenters. The summed E-state index contributed by atoms with van der Waals surface area (Å²) in [6.07, 6.45) is 6.99. The van der Waals surface area contributed by atoms with Gasteiger partial charge in [0.2, 0.25) is 5.95 Å². The molecule has 1 heterocycles. The maximum atomic E-state index is 11.7. The van der Waals surface area contributed by atoms with Crippen LogP contribution in [0.15, 0.2) is 70.8 Å². The zero-order chi connectivity index (χ0) is 17.2. The minimum absolute atomic E-state index is 0.164. The number of aromatic amines is 1. The number of hydrogen-bond donors (Lipinski definition) is 2. The largest absolute Gasteiger partial charge is 0.402 e. The fourth-order valence-electron chi connectivity index (χ4n) is 3.29. The molecule has 1 aliphatic rings. The van der Waals surface area contributed by atoms with Gasteiger partial charge in [-0.05, 0) is 30.6 Å². The number of nitrogens with two attached hydrogens (primary N) is 1. The lowest BCUT2D eigenvalue weighted by Crippen LogP contribution is -2.52. The van der Waals surface area contributed by atoms with Crippen molar-refractivity contribution in [3.05, 3.63) is 81.9 Å². The summed E-state index contributed by atoms with van der Waals surface area (Å²) in [5, 5.41) is 0. The van der Waals surface area contributed by atoms with Crippen molar-refractivity contribution >= 4 is 5.95 Å². The lowest BCUT2D eigenvalue weighted by molar-refractivity contribution is 0.447. The molecule has 0 saturated heterocycles. The zero-order valence-electron chi connectivity index (χ0n) is 14.0. The summed E-state index contributed by atoms with van der Waals surface area (Å²) in [6, 6.07) is 11.7. The third-order valence-electron chi connectivity index (χ3n) is 4.73. The van der Waals surface area contributed by atoms with Gasteiger partial charge >= 0.3 is 0 Å². The van der Waals surface area contributed by atoms with E-state index >= 15 is 0 Å². The van der Waals surface area contributed by atoms with E-state index in [1.54, 1.807) is 0 Å². The van der Waals surface area contributed by atoms with Crippen molar-refractivity contribution in [2.45, 2.75) is 25.3 Å². The van der Waals surface area contributed by atoms with E-state index in [0.717, 1.165) is 12.1 Å². The third-order valence-corrected chi connectivity index (χ3v) is 4.73. The minimum Gasteiger partial charge on any atom is -0.402 e. The summed E-state index contributed by atoms with van der Waals surface area (Å²) in [4.78, 5) is 20.9. The average molecular weight is 322 g/mol. The van der Waals surface area contributed by atoms with Crippen molar-refractivity contribution in [3.63, 3.8) is 0 Å². The maximum absolute atomic E-state index is 11.7. The van der Waals surface area contributed by atoms with Crippen LogP contribution < -0.4 is 16.2 Å². The quantitative estimate of drug-likeness (QED) is 0.906. The summed E-state index contributed by atoms with van der Waals surface area (Å²) < 4.78 is 0. The molecule has 5 heteroatoms. The van der Waals surface area contributed by atoms with Crippen LogP contribution in [0.4, 0.5) is 5.95 Å². The molecule has 0 bridgehead atoms. The van der Waals surface area contributed by atoms with Crippen molar-refractivity contribution in [2.75, 3.05) is 11.9 Å². The number of aromatic nitrogens is 2. The Kier molecular flexibility index (Phi) is 4.25. The maximum Gasteiger partial charge on any atom is 0.252 e. The Balaban J connectivity index is 2.07. The van der Waals surface area contributed by atoms with E-state index in [2.05, 4.69) is 35.1 Å². The molecule has 1 aliphatic carbocycles. The van der Waals surface area contributed by atoms with Crippen LogP contribution in [-0.4, -0.2) is 22.6 Å². The normalized spacial score (nSPS) is 20.2. The molecule has 0 saturated carbocycles. The monoisotopic (exact) mass is 322 g/mol. The number of H-pyrrole nitrogens is 1. The molecule has 0 radical (unpaired) electrons. The van der Waals surface area contributed by atoms with Gasteiger partial charge in [-0.15, -0.1) is 0 Å². The Bertz CT molecular complexity index is 838. The molecule has 3 rings (SSSR count). The highest BCUT2D eigenvalue weighted by atomic mass is 16.1. The van der Waals surface area contributed by atoms with Crippen LogP contribution in [-0.2, 0) is 6.42 Å². The first-order valence-corrected chi connectivity index (χ1v) is 7.98. The van der Waals surface area contributed by atoms with Crippen LogP contribution in [0, 0.1) is 0 Å². The van der Waals surface area contributed by atoms with Gasteiger partial charge in [0.05, 0.1) is 5.54 Å². The summed E-state index contributed by atoms with van der Waals surface area (Å²) in [5.74, 6) is 0.542. The minimum atomic E-state index is -0.364. The number of allylic oxidation sites excluding steroid dienone is 2. The van der Waals surface area contributed by atoms with Crippen molar-refractivity contribution in [2.24, 2.45) is 5.73 Å². The summed E-state index contributed by atoms with van der Waals surface area (Å²) in [5.41, 5.74) is 8.87. The van der Waals surface area contributed by atoms with Gasteiger partial charge in [0.1, 0.15) is 0 Å². The van der Waals surface area contributed by atoms with Crippen molar-refractivity contribution in [1.29, 1.82) is 0 Å². The van der Waals surface area contributed by atoms with E-state index in [-0.39, 0.29) is 11.1 Å². The average Bonchev–Trinajstić information content (AvgIpc) is 2.58. The molecular weight excluding hydrogens is 300 g/mol. The van der Waals surface area contributed by atoms with Crippen LogP contribution >= 0.6 is 0 Å². The second-order valence-corrected chi connectivity index (χ2v) is 6.28. The highest BCUT2D eigenvalue weighted by molar-refractivity contribution is 5.47. The Hall–Kier alpha value is -2.82. The van der Waals surface area contributed by atoms with E-state index in [9.17, 15) is 4.79 Å². The lowest BCUT2D eigenvalue weighted by atomic mass is 9.76. The standard InChI is InChI=1S/C19H22N4O/c1-14-8-9-16(20)13-19(14,12-15-6-4-3-5-7-15)23(2)18-21-11-10-17(24)22-18/h3-11H,12-13,20H2,1-2H3,(H,21,22,24). The van der Waals surface area contributed by atoms with Crippen molar-refractivity contribution in [1.82, 2.24) is 9.97 Å². The van der Waals surface area contributed by atoms with Crippen molar-refractivity contribution in [3.8, 4) is 0 Å². The van der Waals surface area contributed by atoms with Gasteiger partial charge in [0.15, 0.2) is 0 Å². The Morgan fingerprint density at radius 1 is 1.25 bits per heavy atom. The van der Waals surface area contributed by atoms with Gasteiger partial charge < -0.3 is 10.6 Å². The van der Waals surface area contributed by atoms with Gasteiger partial charge in [0, 0.05) is 31.4 Å². The Labute approximate surface area is 141 Å². The number of nitrogens with zero attached hydrogens (tertiary/aromatic N) is 2. The molecule has 3 N–H and O–H groups in total. The molecule has 124 valence electrons. The summed E-state index contributed by atoms with van der Waals surface area (Å²) in [7, 11) is 1.96. The van der Waals surface area contributed by atoms with Gasteiger partial charge in [-0.2, -0.15) is 0 Å². The molecule has 0 fully saturated rings. The second kappa shape index (κ2) is 6.35. The highest BCUT2D eigenvalue weighted by Crippen LogP contribution is 2.37. The van der Waals surface area contributed by atoms with Crippen molar-refractivity contribution < 1.29 is 0 Å². The van der Waals surface area contributed by atoms with Crippen LogP contribution in [0.25, 0.3) is 0 Å². The van der Waals surface area contributed by atoms with Gasteiger partial charge in [0.25, 0.3) is 5.56 Å². The number of rotatable bonds is 4. The lowest BCUT2D eigenvalue weighted by Gasteiger charge is -2.45. The molecule has 5 nitrogen and oxygen atoms in total. The number of nitrogens with one attached hydrogen (secondary N) is 1. The fourth-order valence-corrected chi connectivity index (χ4v) is 3.29. The number of hydrogen-bond acceptors (Lipinski definition) is 4. The van der Waals surface area contributed by atoms with E-state index in [1.165, 1.54) is 23.4 Å². The van der Waals surface area contributed by atoms with Crippen LogP contribution in [0.1, 0.15) is 18.9 Å². The zero-order valence-corrected chi connectivity index (χ0v) is 14.0. The fraction of sp³-hybridized carbons (Fsp3) is 0.263. The van der Waals surface area contributed by atoms with E-state index in [0.29, 0.717) is 12.4 Å². The molecule has 24 heavy (non-hydrogen) atoms.